The van der Waals surface area contributed by atoms with Gasteiger partial charge in [-0.2, -0.15) is 0 Å². The SMILES string of the molecule is CCCCCCCCN(CCCCCCCC)C[C@@H]1C[C@H](c2ccc(CO)cc2)O[C@H](c2cccc(-c3cccc(CNC(=O)NCc4ccccc4)c3)c2)O1. The first-order valence-electron chi connectivity index (χ1n) is 21.5. The van der Waals surface area contributed by atoms with Gasteiger partial charge >= 0.3 is 6.03 Å². The lowest BCUT2D eigenvalue weighted by atomic mass is 9.98. The lowest BCUT2D eigenvalue weighted by molar-refractivity contribution is -0.253. The number of nitrogens with zero attached hydrogens (tertiary/aromatic N) is 1. The normalized spacial score (nSPS) is 16.9. The van der Waals surface area contributed by atoms with Crippen LogP contribution in [0.25, 0.3) is 11.1 Å². The molecule has 0 bridgehead atoms. The molecule has 0 unspecified atom stereocenters. The van der Waals surface area contributed by atoms with Crippen LogP contribution in [0.1, 0.15) is 138 Å². The molecule has 0 spiro atoms. The molecule has 1 aliphatic rings. The van der Waals surface area contributed by atoms with E-state index in [1.165, 1.54) is 77.0 Å². The standard InChI is InChI=1S/C49H67N3O4/c1-3-5-7-9-11-16-30-52(31-17-12-10-8-6-4-2)37-46-34-47(42-28-26-40(38-53)27-29-42)56-48(55-46)45-25-19-24-44(33-45)43-23-18-22-41(32-43)36-51-49(54)50-35-39-20-14-13-15-21-39/h13-15,18-29,32-33,46-48,53H,3-12,16-17,30-31,34-38H2,1-2H3,(H2,50,51,54)/t46-,47+,48+/m0/s1. The summed E-state index contributed by atoms with van der Waals surface area (Å²) >= 11 is 0. The molecule has 1 fully saturated rings. The zero-order valence-corrected chi connectivity index (χ0v) is 34.1. The number of urea groups is 1. The third-order valence-electron chi connectivity index (χ3n) is 10.9. The second-order valence-corrected chi connectivity index (χ2v) is 15.5. The number of benzene rings is 4. The maximum atomic E-state index is 12.6. The van der Waals surface area contributed by atoms with Gasteiger partial charge in [-0.25, -0.2) is 4.79 Å². The third-order valence-corrected chi connectivity index (χ3v) is 10.9. The molecule has 302 valence electrons. The minimum Gasteiger partial charge on any atom is -0.392 e. The van der Waals surface area contributed by atoms with Crippen molar-refractivity contribution in [2.75, 3.05) is 19.6 Å². The minimum atomic E-state index is -0.515. The molecule has 3 N–H and O–H groups in total. The molecule has 4 aromatic carbocycles. The highest BCUT2D eigenvalue weighted by atomic mass is 16.7. The Bertz CT molecular complexity index is 1660. The van der Waals surface area contributed by atoms with Crippen molar-refractivity contribution in [2.45, 2.75) is 136 Å². The highest BCUT2D eigenvalue weighted by Crippen LogP contribution is 2.39. The number of hydrogen-bond donors (Lipinski definition) is 3. The summed E-state index contributed by atoms with van der Waals surface area (Å²) in [5.74, 6) is 0. The monoisotopic (exact) mass is 762 g/mol. The molecule has 5 rings (SSSR count). The predicted molar refractivity (Wildman–Crippen MR) is 229 cm³/mol. The number of carbonyl (C=O) groups is 1. The van der Waals surface area contributed by atoms with E-state index < -0.39 is 6.29 Å². The van der Waals surface area contributed by atoms with Gasteiger partial charge in [0.2, 0.25) is 0 Å². The van der Waals surface area contributed by atoms with Crippen molar-refractivity contribution in [3.8, 4) is 11.1 Å². The zero-order valence-electron chi connectivity index (χ0n) is 34.1. The molecule has 1 saturated heterocycles. The molecule has 0 radical (unpaired) electrons. The van der Waals surface area contributed by atoms with Crippen LogP contribution in [0.4, 0.5) is 4.79 Å². The summed E-state index contributed by atoms with van der Waals surface area (Å²) in [5, 5.41) is 15.6. The Morgan fingerprint density at radius 2 is 1.21 bits per heavy atom. The summed E-state index contributed by atoms with van der Waals surface area (Å²) in [6, 6.07) is 34.7. The minimum absolute atomic E-state index is 0.0162. The maximum Gasteiger partial charge on any atom is 0.315 e. The molecule has 3 atom stereocenters. The van der Waals surface area contributed by atoms with Gasteiger partial charge in [-0.3, -0.25) is 0 Å². The van der Waals surface area contributed by atoms with E-state index in [4.69, 9.17) is 9.47 Å². The van der Waals surface area contributed by atoms with Crippen molar-refractivity contribution in [1.82, 2.24) is 15.5 Å². The highest BCUT2D eigenvalue weighted by molar-refractivity contribution is 5.74. The third kappa shape index (κ3) is 14.8. The molecule has 4 aromatic rings. The Morgan fingerprint density at radius 1 is 0.625 bits per heavy atom. The molecule has 0 aromatic heterocycles. The van der Waals surface area contributed by atoms with E-state index in [0.29, 0.717) is 13.1 Å². The smallest absolute Gasteiger partial charge is 0.315 e. The van der Waals surface area contributed by atoms with Crippen LogP contribution in [-0.2, 0) is 29.2 Å². The summed E-state index contributed by atoms with van der Waals surface area (Å²) < 4.78 is 13.7. The fourth-order valence-corrected chi connectivity index (χ4v) is 7.60. The summed E-state index contributed by atoms with van der Waals surface area (Å²) in [4.78, 5) is 15.2. The van der Waals surface area contributed by atoms with Gasteiger partial charge < -0.3 is 30.1 Å². The molecule has 56 heavy (non-hydrogen) atoms. The maximum absolute atomic E-state index is 12.6. The van der Waals surface area contributed by atoms with Crippen molar-refractivity contribution >= 4 is 6.03 Å². The van der Waals surface area contributed by atoms with Crippen molar-refractivity contribution < 1.29 is 19.4 Å². The second-order valence-electron chi connectivity index (χ2n) is 15.5. The van der Waals surface area contributed by atoms with E-state index in [1.807, 2.05) is 54.6 Å². The number of rotatable bonds is 24. The fourth-order valence-electron chi connectivity index (χ4n) is 7.60. The molecule has 7 heteroatoms. The molecule has 0 saturated carbocycles. The van der Waals surface area contributed by atoms with Gasteiger partial charge in [0.1, 0.15) is 0 Å². The Hall–Kier alpha value is -4.01. The number of hydrogen-bond acceptors (Lipinski definition) is 5. The zero-order chi connectivity index (χ0) is 39.2. The van der Waals surface area contributed by atoms with E-state index in [1.54, 1.807) is 0 Å². The topological polar surface area (TPSA) is 83.1 Å². The number of aliphatic hydroxyl groups is 1. The number of nitrogens with one attached hydrogen (secondary N) is 2. The van der Waals surface area contributed by atoms with Gasteiger partial charge in [-0.15, -0.1) is 0 Å². The summed E-state index contributed by atoms with van der Waals surface area (Å²) in [5.41, 5.74) is 7.24. The first kappa shape index (κ1) is 43.1. The van der Waals surface area contributed by atoms with Crippen LogP contribution in [0.5, 0.6) is 0 Å². The van der Waals surface area contributed by atoms with Gasteiger partial charge in [-0.1, -0.05) is 169 Å². The largest absolute Gasteiger partial charge is 0.392 e. The average Bonchev–Trinajstić information content (AvgIpc) is 3.25. The Kier molecular flexibility index (Phi) is 18.9. The van der Waals surface area contributed by atoms with E-state index >= 15 is 0 Å². The second kappa shape index (κ2) is 24.6. The van der Waals surface area contributed by atoms with Gasteiger partial charge in [-0.05, 0) is 71.4 Å². The van der Waals surface area contributed by atoms with Crippen LogP contribution < -0.4 is 10.6 Å². The van der Waals surface area contributed by atoms with Crippen molar-refractivity contribution in [3.63, 3.8) is 0 Å². The average molecular weight is 762 g/mol. The van der Waals surface area contributed by atoms with Crippen LogP contribution in [0.15, 0.2) is 103 Å². The van der Waals surface area contributed by atoms with E-state index in [0.717, 1.165) is 65.0 Å². The first-order chi connectivity index (χ1) is 27.5. The van der Waals surface area contributed by atoms with E-state index in [2.05, 4.69) is 77.9 Å². The van der Waals surface area contributed by atoms with E-state index in [9.17, 15) is 9.90 Å². The molecular weight excluding hydrogens is 695 g/mol. The number of amides is 2. The Balaban J connectivity index is 1.27. The number of ether oxygens (including phenoxy) is 2. The predicted octanol–water partition coefficient (Wildman–Crippen LogP) is 11.4. The number of unbranched alkanes of at least 4 members (excludes halogenated alkanes) is 10. The Labute approximate surface area is 337 Å². The molecular formula is C49H67N3O4. The molecule has 7 nitrogen and oxygen atoms in total. The van der Waals surface area contributed by atoms with Crippen LogP contribution in [0.2, 0.25) is 0 Å². The van der Waals surface area contributed by atoms with Crippen molar-refractivity contribution in [1.29, 1.82) is 0 Å². The molecule has 0 aliphatic carbocycles. The molecule has 1 heterocycles. The summed E-state index contributed by atoms with van der Waals surface area (Å²) in [6.07, 6.45) is 15.7. The quantitative estimate of drug-likeness (QED) is 0.0619. The first-order valence-corrected chi connectivity index (χ1v) is 21.5. The van der Waals surface area contributed by atoms with Crippen LogP contribution in [0.3, 0.4) is 0 Å². The van der Waals surface area contributed by atoms with Crippen molar-refractivity contribution in [2.24, 2.45) is 0 Å². The number of aliphatic hydroxyl groups excluding tert-OH is 1. The lowest BCUT2D eigenvalue weighted by Crippen LogP contribution is -2.40. The summed E-state index contributed by atoms with van der Waals surface area (Å²) in [7, 11) is 0. The van der Waals surface area contributed by atoms with Crippen molar-refractivity contribution in [3.05, 3.63) is 131 Å². The van der Waals surface area contributed by atoms with Gasteiger partial charge in [0.15, 0.2) is 6.29 Å². The lowest BCUT2D eigenvalue weighted by Gasteiger charge is -2.38. The highest BCUT2D eigenvalue weighted by Gasteiger charge is 2.33. The number of carbonyl (C=O) groups excluding carboxylic acids is 1. The molecule has 2 amide bonds. The summed E-state index contributed by atoms with van der Waals surface area (Å²) in [6.45, 7) is 8.60. The Morgan fingerprint density at radius 3 is 1.88 bits per heavy atom. The van der Waals surface area contributed by atoms with E-state index in [-0.39, 0.29) is 24.8 Å². The van der Waals surface area contributed by atoms with Gasteiger partial charge in [0, 0.05) is 31.6 Å². The fraction of sp³-hybridized carbons (Fsp3) is 0.490. The van der Waals surface area contributed by atoms with Gasteiger partial charge in [0.05, 0.1) is 18.8 Å². The van der Waals surface area contributed by atoms with Crippen LogP contribution in [-0.4, -0.2) is 41.8 Å². The van der Waals surface area contributed by atoms with Gasteiger partial charge in [0.25, 0.3) is 0 Å². The molecule has 1 aliphatic heterocycles. The van der Waals surface area contributed by atoms with Crippen LogP contribution in [0, 0.1) is 0 Å². The van der Waals surface area contributed by atoms with Crippen LogP contribution >= 0.6 is 0 Å².